The highest BCUT2D eigenvalue weighted by Gasteiger charge is 2.14. The monoisotopic (exact) mass is 288 g/mol. The highest BCUT2D eigenvalue weighted by Crippen LogP contribution is 2.22. The highest BCUT2D eigenvalue weighted by atomic mass is 35.5. The minimum atomic E-state index is -0.334. The third-order valence-corrected chi connectivity index (χ3v) is 3.72. The van der Waals surface area contributed by atoms with Gasteiger partial charge in [0.05, 0.1) is 5.69 Å². The first-order valence-corrected chi connectivity index (χ1v) is 6.89. The molecule has 5 nitrogen and oxygen atoms in total. The van der Waals surface area contributed by atoms with E-state index >= 15 is 0 Å². The van der Waals surface area contributed by atoms with Gasteiger partial charge in [-0.15, -0.1) is 21.5 Å². The number of hydrogen-bond acceptors (Lipinski definition) is 6. The van der Waals surface area contributed by atoms with Crippen LogP contribution in [0.4, 0.5) is 5.13 Å². The maximum atomic E-state index is 11.7. The Bertz CT molecular complexity index is 537. The molecule has 8 heteroatoms. The molecular formula is C9H9ClN4OS2. The fourth-order valence-corrected chi connectivity index (χ4v) is 2.65. The summed E-state index contributed by atoms with van der Waals surface area (Å²) < 4.78 is 0.247. The molecule has 2 heterocycles. The normalized spacial score (nSPS) is 10.8. The van der Waals surface area contributed by atoms with E-state index in [1.807, 2.05) is 19.2 Å². The lowest BCUT2D eigenvalue weighted by Crippen LogP contribution is -2.11. The molecule has 0 saturated carbocycles. The number of nitrogens with zero attached hydrogens (tertiary/aromatic N) is 3. The molecule has 0 spiro atoms. The molecule has 0 aliphatic rings. The molecule has 0 fully saturated rings. The van der Waals surface area contributed by atoms with E-state index < -0.39 is 0 Å². The average molecular weight is 289 g/mol. The van der Waals surface area contributed by atoms with Crippen molar-refractivity contribution in [3.8, 4) is 0 Å². The summed E-state index contributed by atoms with van der Waals surface area (Å²) in [6, 6.07) is 0. The summed E-state index contributed by atoms with van der Waals surface area (Å²) in [4.78, 5) is 16.0. The lowest BCUT2D eigenvalue weighted by Gasteiger charge is -1.98. The molecule has 17 heavy (non-hydrogen) atoms. The van der Waals surface area contributed by atoms with Crippen LogP contribution in [-0.4, -0.2) is 21.1 Å². The van der Waals surface area contributed by atoms with Crippen LogP contribution in [0.25, 0.3) is 0 Å². The van der Waals surface area contributed by atoms with Crippen LogP contribution in [0.15, 0.2) is 5.38 Å². The summed E-state index contributed by atoms with van der Waals surface area (Å²) in [5, 5.41) is 12.6. The van der Waals surface area contributed by atoms with Crippen LogP contribution >= 0.6 is 34.3 Å². The van der Waals surface area contributed by atoms with Crippen LogP contribution in [0.2, 0.25) is 4.47 Å². The van der Waals surface area contributed by atoms with Gasteiger partial charge < -0.3 is 0 Å². The fourth-order valence-electron chi connectivity index (χ4n) is 1.06. The van der Waals surface area contributed by atoms with E-state index in [0.29, 0.717) is 11.0 Å². The van der Waals surface area contributed by atoms with Gasteiger partial charge in [0.2, 0.25) is 9.47 Å². The van der Waals surface area contributed by atoms with E-state index in [1.165, 1.54) is 11.3 Å². The van der Waals surface area contributed by atoms with E-state index in [9.17, 15) is 4.79 Å². The maximum Gasteiger partial charge on any atom is 0.288 e. The Hall–Kier alpha value is -1.05. The molecule has 2 aromatic heterocycles. The summed E-state index contributed by atoms with van der Waals surface area (Å²) in [5.74, 6) is 0.00642. The number of hydrogen-bond donors (Lipinski definition) is 1. The number of halogens is 1. The van der Waals surface area contributed by atoms with E-state index in [2.05, 4.69) is 20.5 Å². The van der Waals surface area contributed by atoms with Crippen molar-refractivity contribution >= 4 is 45.3 Å². The van der Waals surface area contributed by atoms with Gasteiger partial charge >= 0.3 is 0 Å². The van der Waals surface area contributed by atoms with Crippen LogP contribution < -0.4 is 5.32 Å². The Labute approximate surface area is 111 Å². The Balaban J connectivity index is 2.07. The summed E-state index contributed by atoms with van der Waals surface area (Å²) >= 11 is 8.03. The largest absolute Gasteiger partial charge is 0.296 e. The van der Waals surface area contributed by atoms with Crippen molar-refractivity contribution in [1.29, 1.82) is 0 Å². The summed E-state index contributed by atoms with van der Waals surface area (Å²) in [7, 11) is 0. The van der Waals surface area contributed by atoms with Gasteiger partial charge in [0, 0.05) is 5.38 Å². The van der Waals surface area contributed by atoms with Gasteiger partial charge in [0.25, 0.3) is 5.91 Å². The molecule has 0 radical (unpaired) electrons. The van der Waals surface area contributed by atoms with Crippen molar-refractivity contribution in [2.75, 3.05) is 5.32 Å². The maximum absolute atomic E-state index is 11.7. The molecule has 0 aromatic carbocycles. The molecule has 2 rings (SSSR count). The molecule has 0 aliphatic carbocycles. The van der Waals surface area contributed by atoms with Crippen molar-refractivity contribution in [2.45, 2.75) is 19.8 Å². The van der Waals surface area contributed by atoms with Gasteiger partial charge in [-0.25, -0.2) is 4.98 Å². The van der Waals surface area contributed by atoms with Crippen LogP contribution in [0.3, 0.4) is 0 Å². The number of anilines is 1. The second-order valence-electron chi connectivity index (χ2n) is 3.55. The standard InChI is InChI=1S/C9H9ClN4OS2/c1-4(2)5-3-16-9(11-5)12-6(15)7-13-14-8(10)17-7/h3-4H,1-2H3,(H,11,12,15). The zero-order chi connectivity index (χ0) is 12.4. The quantitative estimate of drug-likeness (QED) is 0.942. The van der Waals surface area contributed by atoms with E-state index in [4.69, 9.17) is 11.6 Å². The third-order valence-electron chi connectivity index (χ3n) is 1.93. The zero-order valence-electron chi connectivity index (χ0n) is 9.10. The molecule has 0 saturated heterocycles. The van der Waals surface area contributed by atoms with Crippen molar-refractivity contribution in [3.05, 3.63) is 20.5 Å². The average Bonchev–Trinajstić information content (AvgIpc) is 2.86. The van der Waals surface area contributed by atoms with E-state index in [0.717, 1.165) is 17.0 Å². The van der Waals surface area contributed by atoms with Gasteiger partial charge in [0.1, 0.15) is 0 Å². The summed E-state index contributed by atoms with van der Waals surface area (Å²) in [5.41, 5.74) is 0.959. The molecule has 0 atom stereocenters. The number of thiazole rings is 1. The summed E-state index contributed by atoms with van der Waals surface area (Å²) in [6.45, 7) is 4.09. The van der Waals surface area contributed by atoms with E-state index in [1.54, 1.807) is 0 Å². The molecule has 90 valence electrons. The second-order valence-corrected chi connectivity index (χ2v) is 5.96. The highest BCUT2D eigenvalue weighted by molar-refractivity contribution is 7.17. The molecule has 0 aliphatic heterocycles. The van der Waals surface area contributed by atoms with Gasteiger partial charge in [-0.3, -0.25) is 10.1 Å². The first kappa shape index (κ1) is 12.4. The van der Waals surface area contributed by atoms with Gasteiger partial charge in [-0.05, 0) is 17.5 Å². The minimum absolute atomic E-state index is 0.233. The molecule has 0 bridgehead atoms. The molecule has 0 unspecified atom stereocenters. The number of carbonyl (C=O) groups excluding carboxylic acids is 1. The van der Waals surface area contributed by atoms with Crippen molar-refractivity contribution < 1.29 is 4.79 Å². The van der Waals surface area contributed by atoms with Crippen LogP contribution in [0.1, 0.15) is 35.3 Å². The zero-order valence-corrected chi connectivity index (χ0v) is 11.5. The van der Waals surface area contributed by atoms with E-state index in [-0.39, 0.29) is 15.4 Å². The lowest BCUT2D eigenvalue weighted by atomic mass is 10.2. The Kier molecular flexibility index (Phi) is 3.70. The lowest BCUT2D eigenvalue weighted by molar-refractivity contribution is 0.102. The topological polar surface area (TPSA) is 67.8 Å². The Morgan fingerprint density at radius 1 is 1.47 bits per heavy atom. The van der Waals surface area contributed by atoms with Crippen LogP contribution in [0, 0.1) is 0 Å². The SMILES string of the molecule is CC(C)c1csc(NC(=O)c2nnc(Cl)s2)n1. The molecule has 1 amide bonds. The Morgan fingerprint density at radius 2 is 2.24 bits per heavy atom. The third kappa shape index (κ3) is 2.99. The fraction of sp³-hybridized carbons (Fsp3) is 0.333. The first-order valence-electron chi connectivity index (χ1n) is 4.82. The van der Waals surface area contributed by atoms with Gasteiger partial charge in [-0.2, -0.15) is 0 Å². The molecule has 1 N–H and O–H groups in total. The number of amides is 1. The van der Waals surface area contributed by atoms with Gasteiger partial charge in [0.15, 0.2) is 5.13 Å². The minimum Gasteiger partial charge on any atom is -0.296 e. The molecule has 2 aromatic rings. The Morgan fingerprint density at radius 3 is 2.76 bits per heavy atom. The van der Waals surface area contributed by atoms with Crippen LogP contribution in [0.5, 0.6) is 0 Å². The predicted molar refractivity (Wildman–Crippen MR) is 69.1 cm³/mol. The number of aromatic nitrogens is 3. The predicted octanol–water partition coefficient (Wildman–Crippen LogP) is 3.02. The smallest absolute Gasteiger partial charge is 0.288 e. The number of nitrogens with one attached hydrogen (secondary N) is 1. The van der Waals surface area contributed by atoms with Crippen molar-refractivity contribution in [1.82, 2.24) is 15.2 Å². The number of rotatable bonds is 3. The summed E-state index contributed by atoms with van der Waals surface area (Å²) in [6.07, 6.45) is 0. The second kappa shape index (κ2) is 5.07. The van der Waals surface area contributed by atoms with Crippen LogP contribution in [-0.2, 0) is 0 Å². The first-order chi connectivity index (χ1) is 8.06. The van der Waals surface area contributed by atoms with Crippen molar-refractivity contribution in [2.24, 2.45) is 0 Å². The van der Waals surface area contributed by atoms with Gasteiger partial charge in [-0.1, -0.05) is 25.2 Å². The van der Waals surface area contributed by atoms with Crippen molar-refractivity contribution in [3.63, 3.8) is 0 Å². The number of carbonyl (C=O) groups is 1. The molecular weight excluding hydrogens is 280 g/mol.